The first-order valence-corrected chi connectivity index (χ1v) is 5.89. The van der Waals surface area contributed by atoms with E-state index in [1.165, 1.54) is 0 Å². The molecule has 0 saturated carbocycles. The summed E-state index contributed by atoms with van der Waals surface area (Å²) in [6.07, 6.45) is 0. The molecule has 0 fully saturated rings. The maximum absolute atomic E-state index is 10.9. The Balaban J connectivity index is 0. The average Bonchev–Trinajstić information content (AvgIpc) is 2.36. The summed E-state index contributed by atoms with van der Waals surface area (Å²) in [5.41, 5.74) is 0. The van der Waals surface area contributed by atoms with Crippen LogP contribution >= 0.6 is 0 Å². The number of carbonyl (C=O) groups is 1. The summed E-state index contributed by atoms with van der Waals surface area (Å²) in [6.45, 7) is -0.824. The summed E-state index contributed by atoms with van der Waals surface area (Å²) < 4.78 is 8.22. The quantitative estimate of drug-likeness (QED) is 0.286. The molecule has 0 aromatic carbocycles. The van der Waals surface area contributed by atoms with Crippen molar-refractivity contribution in [3.63, 3.8) is 0 Å². The molecule has 0 aromatic rings. The van der Waals surface area contributed by atoms with Crippen LogP contribution in [0, 0.1) is 0 Å². The molecule has 0 saturated heterocycles. The SMILES string of the molecule is O=C(O)CN=C([O-])C[N-]CC([O-])=NCC[S-].[O]=[99Tc+4]. The minimum atomic E-state index is -1.19. The first kappa shape index (κ1) is 19.5. The van der Waals surface area contributed by atoms with Gasteiger partial charge in [0.25, 0.3) is 0 Å². The third-order valence-electron chi connectivity index (χ3n) is 1.26. The van der Waals surface area contributed by atoms with Gasteiger partial charge in [0.2, 0.25) is 0 Å². The molecule has 0 rings (SSSR count). The van der Waals surface area contributed by atoms with E-state index in [-0.39, 0.29) is 19.6 Å². The van der Waals surface area contributed by atoms with Crippen molar-refractivity contribution in [1.29, 1.82) is 0 Å². The molecular weight excluding hydrogens is 349 g/mol. The number of aliphatic carboxylic acids is 1. The van der Waals surface area contributed by atoms with Crippen molar-refractivity contribution < 1.29 is 42.5 Å². The molecule has 101 valence electrons. The number of nitrogens with zero attached hydrogens (tertiary/aromatic N) is 3. The molecule has 0 heterocycles. The predicted octanol–water partition coefficient (Wildman–Crippen LogP) is -2.61. The zero-order valence-corrected chi connectivity index (χ0v) is 11.9. The Kier molecular flexibility index (Phi) is 15.4. The van der Waals surface area contributed by atoms with Gasteiger partial charge in [0.1, 0.15) is 6.54 Å². The van der Waals surface area contributed by atoms with Crippen LogP contribution in [0.1, 0.15) is 0 Å². The molecule has 18 heavy (non-hydrogen) atoms. The van der Waals surface area contributed by atoms with Crippen LogP contribution < -0.4 is 10.2 Å². The van der Waals surface area contributed by atoms with Crippen molar-refractivity contribution in [3.8, 4) is 0 Å². The van der Waals surface area contributed by atoms with E-state index in [4.69, 9.17) is 8.61 Å². The number of carboxylic acid groups (broad SMARTS) is 1. The molecule has 0 radical (unpaired) electrons. The van der Waals surface area contributed by atoms with Gasteiger partial charge in [-0.25, -0.2) is 0 Å². The Bertz CT molecular complexity index is 300. The van der Waals surface area contributed by atoms with Crippen LogP contribution in [0.5, 0.6) is 0 Å². The molecular formula is C8H11N3O5STc. The van der Waals surface area contributed by atoms with Gasteiger partial charge in [-0.2, -0.15) is 5.75 Å². The van der Waals surface area contributed by atoms with Crippen LogP contribution in [-0.4, -0.2) is 54.8 Å². The molecule has 0 aliphatic heterocycles. The second-order valence-electron chi connectivity index (χ2n) is 2.62. The number of hydrogen-bond acceptors (Lipinski definition) is 7. The van der Waals surface area contributed by atoms with Crippen molar-refractivity contribution in [3.05, 3.63) is 5.32 Å². The Labute approximate surface area is 120 Å². The molecule has 0 aromatic heterocycles. The summed E-state index contributed by atoms with van der Waals surface area (Å²) in [7, 11) is 0. The fourth-order valence-electron chi connectivity index (χ4n) is 0.673. The summed E-state index contributed by atoms with van der Waals surface area (Å²) >= 11 is 5.48. The number of hydrogen-bond donors (Lipinski definition) is 1. The third-order valence-corrected chi connectivity index (χ3v) is 1.45. The molecule has 0 aliphatic carbocycles. The van der Waals surface area contributed by atoms with Crippen LogP contribution in [0.2, 0.25) is 0 Å². The van der Waals surface area contributed by atoms with Crippen molar-refractivity contribution >= 4 is 30.4 Å². The van der Waals surface area contributed by atoms with Gasteiger partial charge in [-0.1, -0.05) is 11.8 Å². The molecule has 1 N–H and O–H groups in total. The monoisotopic (exact) mass is 360 g/mol. The first-order valence-electron chi connectivity index (χ1n) is 4.55. The van der Waals surface area contributed by atoms with E-state index in [0.29, 0.717) is 5.75 Å². The van der Waals surface area contributed by atoms with Crippen molar-refractivity contribution in [2.45, 2.75) is 0 Å². The zero-order chi connectivity index (χ0) is 14.4. The molecule has 8 nitrogen and oxygen atoms in total. The summed E-state index contributed by atoms with van der Waals surface area (Å²) in [4.78, 5) is 16.8. The summed E-state index contributed by atoms with van der Waals surface area (Å²) in [6, 6.07) is 0. The van der Waals surface area contributed by atoms with Gasteiger partial charge in [-0.05, 0) is 0 Å². The van der Waals surface area contributed by atoms with E-state index >= 15 is 0 Å². The molecule has 0 bridgehead atoms. The van der Waals surface area contributed by atoms with E-state index in [1.54, 1.807) is 0 Å². The van der Waals surface area contributed by atoms with Crippen LogP contribution in [-0.2, 0) is 39.8 Å². The second-order valence-corrected chi connectivity index (χ2v) is 3.03. The Morgan fingerprint density at radius 3 is 2.17 bits per heavy atom. The van der Waals surface area contributed by atoms with Crippen LogP contribution in [0.3, 0.4) is 0 Å². The van der Waals surface area contributed by atoms with Gasteiger partial charge in [0.05, 0.1) is 0 Å². The van der Waals surface area contributed by atoms with E-state index in [2.05, 4.69) is 27.9 Å². The van der Waals surface area contributed by atoms with Crippen molar-refractivity contribution in [1.82, 2.24) is 0 Å². The third kappa shape index (κ3) is 15.2. The van der Waals surface area contributed by atoms with Gasteiger partial charge in [0.15, 0.2) is 0 Å². The number of carboxylic acids is 1. The van der Waals surface area contributed by atoms with Crippen molar-refractivity contribution in [2.75, 3.05) is 31.9 Å². The van der Waals surface area contributed by atoms with E-state index in [9.17, 15) is 15.0 Å². The maximum atomic E-state index is 10.9. The minimum absolute atomic E-state index is 0.205. The topological polar surface area (TPSA) is 139 Å². The molecule has 0 unspecified atom stereocenters. The van der Waals surface area contributed by atoms with Crippen LogP contribution in [0.4, 0.5) is 0 Å². The number of rotatable bonds is 8. The second kappa shape index (κ2) is 14.2. The van der Waals surface area contributed by atoms with Gasteiger partial charge in [0, 0.05) is 6.54 Å². The van der Waals surface area contributed by atoms with E-state index in [0.717, 1.165) is 18.9 Å². The van der Waals surface area contributed by atoms with Gasteiger partial charge >= 0.3 is 28.3 Å². The Hall–Kier alpha value is -0.831. The molecule has 0 amide bonds. The van der Waals surface area contributed by atoms with Crippen LogP contribution in [0.25, 0.3) is 5.32 Å². The van der Waals surface area contributed by atoms with Gasteiger partial charge in [-0.15, -0.1) is 13.1 Å². The molecule has 0 aliphatic rings. The number of aliphatic imine (C=N–C) groups is 2. The Morgan fingerprint density at radius 1 is 1.22 bits per heavy atom. The van der Waals surface area contributed by atoms with E-state index < -0.39 is 24.3 Å². The van der Waals surface area contributed by atoms with E-state index in [1.807, 2.05) is 0 Å². The Morgan fingerprint density at radius 2 is 1.72 bits per heavy atom. The fourth-order valence-corrected chi connectivity index (χ4v) is 0.765. The molecule has 0 spiro atoms. The predicted molar refractivity (Wildman–Crippen MR) is 58.3 cm³/mol. The zero-order valence-electron chi connectivity index (χ0n) is 9.24. The fraction of sp³-hybridized carbons (Fsp3) is 0.625. The van der Waals surface area contributed by atoms with Crippen LogP contribution in [0.15, 0.2) is 9.98 Å². The first-order chi connectivity index (χ1) is 8.56. The molecule has 10 heteroatoms. The van der Waals surface area contributed by atoms with Gasteiger partial charge in [-0.3, -0.25) is 9.79 Å². The molecule has 0 atom stereocenters. The van der Waals surface area contributed by atoms with Crippen molar-refractivity contribution in [2.24, 2.45) is 9.98 Å². The normalized spacial score (nSPS) is 11.7. The van der Waals surface area contributed by atoms with Gasteiger partial charge < -0.3 is 38.3 Å². The standard InChI is InChI=1S/C8H14N3O4S.O.Tc/c12-6(10-1-2-16)3-9-4-7(13)11-5-8(14)15;;/h16H,1-5H2,(H,10,12)(H,11,13)(H,14,15);;/q-1;;+4/p-3/i;;1+1. The summed E-state index contributed by atoms with van der Waals surface area (Å²) in [5, 5.41) is 33.6. The summed E-state index contributed by atoms with van der Waals surface area (Å²) in [5.74, 6) is -1.95. The average molecular weight is 360 g/mol.